The van der Waals surface area contributed by atoms with Crippen LogP contribution in [0.1, 0.15) is 30.9 Å². The Morgan fingerprint density at radius 3 is 2.17 bits per heavy atom. The minimum Gasteiger partial charge on any atom is -0.201 e. The average molecular weight is 302 g/mol. The van der Waals surface area contributed by atoms with Crippen molar-refractivity contribution < 1.29 is 4.57 Å². The normalized spacial score (nSPS) is 11.0. The van der Waals surface area contributed by atoms with Gasteiger partial charge in [0.25, 0.3) is 0 Å². The zero-order valence-electron chi connectivity index (χ0n) is 14.4. The van der Waals surface area contributed by atoms with Gasteiger partial charge in [-0.1, -0.05) is 56.3 Å². The molecule has 116 valence electrons. The molecule has 0 bridgehead atoms. The Morgan fingerprint density at radius 1 is 0.826 bits per heavy atom. The van der Waals surface area contributed by atoms with Gasteiger partial charge in [-0.25, -0.2) is 4.57 Å². The Balaban J connectivity index is 2.05. The molecule has 2 aromatic carbocycles. The summed E-state index contributed by atoms with van der Waals surface area (Å²) in [5.41, 5.74) is 7.75. The second-order valence-electron chi connectivity index (χ2n) is 6.50. The summed E-state index contributed by atoms with van der Waals surface area (Å²) < 4.78 is 2.19. The molecule has 1 nitrogen and oxygen atoms in total. The largest absolute Gasteiger partial charge is 0.213 e. The van der Waals surface area contributed by atoms with Crippen LogP contribution in [0.3, 0.4) is 0 Å². The summed E-state index contributed by atoms with van der Waals surface area (Å²) >= 11 is 0. The fourth-order valence-electron chi connectivity index (χ4n) is 2.94. The lowest BCUT2D eigenvalue weighted by molar-refractivity contribution is -0.660. The topological polar surface area (TPSA) is 3.88 Å². The van der Waals surface area contributed by atoms with Crippen molar-refractivity contribution in [2.24, 2.45) is 7.05 Å². The standard InChI is InChI=1S/C22H24N/c1-16(2)18-9-11-19(12-10-18)20-13-14-23(4)22(15-20)21-8-6-5-7-17(21)3/h5-16H,1-4H3/q+1. The summed E-state index contributed by atoms with van der Waals surface area (Å²) in [6.07, 6.45) is 2.15. The molecule has 1 aromatic heterocycles. The quantitative estimate of drug-likeness (QED) is 0.580. The summed E-state index contributed by atoms with van der Waals surface area (Å²) in [6.45, 7) is 6.63. The highest BCUT2D eigenvalue weighted by Gasteiger charge is 2.13. The molecule has 3 rings (SSSR count). The lowest BCUT2D eigenvalue weighted by Gasteiger charge is -2.09. The molecule has 0 N–H and O–H groups in total. The SMILES string of the molecule is Cc1ccccc1-c1cc(-c2ccc(C(C)C)cc2)cc[n+]1C. The van der Waals surface area contributed by atoms with Crippen molar-refractivity contribution in [3.8, 4) is 22.4 Å². The molecule has 0 aliphatic carbocycles. The van der Waals surface area contributed by atoms with Gasteiger partial charge < -0.3 is 0 Å². The Labute approximate surface area is 139 Å². The van der Waals surface area contributed by atoms with Crippen molar-refractivity contribution in [2.75, 3.05) is 0 Å². The maximum absolute atomic E-state index is 2.28. The van der Waals surface area contributed by atoms with Crippen LogP contribution in [-0.2, 0) is 7.05 Å². The van der Waals surface area contributed by atoms with E-state index in [-0.39, 0.29) is 0 Å². The zero-order chi connectivity index (χ0) is 16.4. The first-order chi connectivity index (χ1) is 11.1. The van der Waals surface area contributed by atoms with E-state index < -0.39 is 0 Å². The van der Waals surface area contributed by atoms with E-state index in [9.17, 15) is 0 Å². The Bertz CT molecular complexity index is 814. The summed E-state index contributed by atoms with van der Waals surface area (Å²) in [6, 6.07) is 22.0. The third kappa shape index (κ3) is 3.19. The zero-order valence-corrected chi connectivity index (χ0v) is 14.4. The second-order valence-corrected chi connectivity index (χ2v) is 6.50. The molecular weight excluding hydrogens is 278 g/mol. The molecule has 0 aliphatic rings. The van der Waals surface area contributed by atoms with E-state index in [0.717, 1.165) is 0 Å². The molecule has 0 spiro atoms. The first kappa shape index (κ1) is 15.5. The van der Waals surface area contributed by atoms with Gasteiger partial charge in [-0.05, 0) is 41.2 Å². The van der Waals surface area contributed by atoms with E-state index in [4.69, 9.17) is 0 Å². The van der Waals surface area contributed by atoms with Crippen molar-refractivity contribution in [1.29, 1.82) is 0 Å². The Kier molecular flexibility index (Phi) is 4.29. The minimum absolute atomic E-state index is 0.570. The van der Waals surface area contributed by atoms with E-state index in [2.05, 4.69) is 99.2 Å². The van der Waals surface area contributed by atoms with Crippen LogP contribution >= 0.6 is 0 Å². The van der Waals surface area contributed by atoms with Crippen LogP contribution < -0.4 is 4.57 Å². The number of hydrogen-bond acceptors (Lipinski definition) is 0. The number of nitrogens with zero attached hydrogens (tertiary/aromatic N) is 1. The molecule has 0 fully saturated rings. The predicted octanol–water partition coefficient (Wildman–Crippen LogP) is 5.28. The molecular formula is C22H24N+. The maximum Gasteiger partial charge on any atom is 0.213 e. The monoisotopic (exact) mass is 302 g/mol. The third-order valence-electron chi connectivity index (χ3n) is 4.48. The van der Waals surface area contributed by atoms with Crippen molar-refractivity contribution >= 4 is 0 Å². The molecule has 0 atom stereocenters. The van der Waals surface area contributed by atoms with Crippen LogP contribution in [0.5, 0.6) is 0 Å². The van der Waals surface area contributed by atoms with Crippen LogP contribution in [0.4, 0.5) is 0 Å². The van der Waals surface area contributed by atoms with Crippen LogP contribution in [0.2, 0.25) is 0 Å². The molecule has 0 amide bonds. The Morgan fingerprint density at radius 2 is 1.52 bits per heavy atom. The molecule has 0 saturated heterocycles. The van der Waals surface area contributed by atoms with Gasteiger partial charge in [0.05, 0.1) is 0 Å². The van der Waals surface area contributed by atoms with Gasteiger partial charge in [0.15, 0.2) is 6.20 Å². The number of pyridine rings is 1. The van der Waals surface area contributed by atoms with Crippen molar-refractivity contribution in [3.63, 3.8) is 0 Å². The second kappa shape index (κ2) is 6.37. The average Bonchev–Trinajstić information content (AvgIpc) is 2.56. The highest BCUT2D eigenvalue weighted by molar-refractivity contribution is 5.70. The predicted molar refractivity (Wildman–Crippen MR) is 97.3 cm³/mol. The van der Waals surface area contributed by atoms with Crippen LogP contribution in [0.15, 0.2) is 66.9 Å². The van der Waals surface area contributed by atoms with E-state index >= 15 is 0 Å². The van der Waals surface area contributed by atoms with Gasteiger partial charge in [-0.15, -0.1) is 0 Å². The van der Waals surface area contributed by atoms with Crippen molar-refractivity contribution in [3.05, 3.63) is 78.0 Å². The van der Waals surface area contributed by atoms with Crippen molar-refractivity contribution in [2.45, 2.75) is 26.7 Å². The highest BCUT2D eigenvalue weighted by Crippen LogP contribution is 2.26. The molecule has 3 aromatic rings. The molecule has 1 heteroatoms. The van der Waals surface area contributed by atoms with Gasteiger partial charge in [0.2, 0.25) is 5.69 Å². The fraction of sp³-hybridized carbons (Fsp3) is 0.227. The molecule has 0 unspecified atom stereocenters. The lowest BCUT2D eigenvalue weighted by Crippen LogP contribution is -2.30. The third-order valence-corrected chi connectivity index (χ3v) is 4.48. The lowest BCUT2D eigenvalue weighted by atomic mass is 9.97. The highest BCUT2D eigenvalue weighted by atomic mass is 14.9. The van der Waals surface area contributed by atoms with Crippen LogP contribution in [0, 0.1) is 6.92 Å². The van der Waals surface area contributed by atoms with Gasteiger partial charge in [0, 0.05) is 17.7 Å². The van der Waals surface area contributed by atoms with E-state index in [1.807, 2.05) is 0 Å². The van der Waals surface area contributed by atoms with Crippen LogP contribution in [-0.4, -0.2) is 0 Å². The summed E-state index contributed by atoms with van der Waals surface area (Å²) in [5.74, 6) is 0.570. The van der Waals surface area contributed by atoms with Crippen molar-refractivity contribution in [1.82, 2.24) is 0 Å². The van der Waals surface area contributed by atoms with Gasteiger partial charge in [0.1, 0.15) is 7.05 Å². The molecule has 0 saturated carbocycles. The number of rotatable bonds is 3. The first-order valence-corrected chi connectivity index (χ1v) is 8.22. The molecule has 1 heterocycles. The summed E-state index contributed by atoms with van der Waals surface area (Å²) in [4.78, 5) is 0. The molecule has 0 radical (unpaired) electrons. The van der Waals surface area contributed by atoms with Gasteiger partial charge in [-0.3, -0.25) is 0 Å². The number of aryl methyl sites for hydroxylation is 2. The number of benzene rings is 2. The smallest absolute Gasteiger partial charge is 0.201 e. The number of hydrogen-bond donors (Lipinski definition) is 0. The van der Waals surface area contributed by atoms with Gasteiger partial charge >= 0.3 is 0 Å². The first-order valence-electron chi connectivity index (χ1n) is 8.22. The van der Waals surface area contributed by atoms with E-state index in [0.29, 0.717) is 5.92 Å². The summed E-state index contributed by atoms with van der Waals surface area (Å²) in [5, 5.41) is 0. The minimum atomic E-state index is 0.570. The number of aromatic nitrogens is 1. The maximum atomic E-state index is 2.28. The fourth-order valence-corrected chi connectivity index (χ4v) is 2.94. The van der Waals surface area contributed by atoms with E-state index in [1.165, 1.54) is 33.5 Å². The van der Waals surface area contributed by atoms with E-state index in [1.54, 1.807) is 0 Å². The Hall–Kier alpha value is -2.41. The summed E-state index contributed by atoms with van der Waals surface area (Å²) in [7, 11) is 2.10. The van der Waals surface area contributed by atoms with Gasteiger partial charge in [-0.2, -0.15) is 0 Å². The van der Waals surface area contributed by atoms with Crippen LogP contribution in [0.25, 0.3) is 22.4 Å². The molecule has 23 heavy (non-hydrogen) atoms. The molecule has 0 aliphatic heterocycles.